The Balaban J connectivity index is 2.78. The summed E-state index contributed by atoms with van der Waals surface area (Å²) in [4.78, 5) is 11.2. The number of nitrogens with one attached hydrogen (secondary N) is 1. The molecule has 106 valence electrons. The number of ether oxygens (including phenoxy) is 1. The summed E-state index contributed by atoms with van der Waals surface area (Å²) in [5, 5.41) is 3.64. The predicted octanol–water partition coefficient (Wildman–Crippen LogP) is 1.60. The molecule has 1 aromatic rings. The van der Waals surface area contributed by atoms with Crippen molar-refractivity contribution < 1.29 is 9.53 Å². The van der Waals surface area contributed by atoms with Crippen LogP contribution in [-0.2, 0) is 4.74 Å². The predicted molar refractivity (Wildman–Crippen MR) is 77.5 cm³/mol. The van der Waals surface area contributed by atoms with Crippen LogP contribution in [-0.4, -0.2) is 32.2 Å². The number of nitrogens with two attached hydrogens (primary N) is 2. The van der Waals surface area contributed by atoms with Crippen molar-refractivity contribution in [3.05, 3.63) is 28.8 Å². The highest BCUT2D eigenvalue weighted by atomic mass is 35.5. The first kappa shape index (κ1) is 15.8. The Hall–Kier alpha value is -1.30. The number of halogens is 1. The molecule has 0 saturated carbocycles. The van der Waals surface area contributed by atoms with Gasteiger partial charge in [-0.25, -0.2) is 0 Å². The van der Waals surface area contributed by atoms with Crippen LogP contribution in [0.3, 0.4) is 0 Å². The van der Waals surface area contributed by atoms with E-state index in [0.717, 1.165) is 18.5 Å². The molecular formula is C13H20ClN3O2. The van der Waals surface area contributed by atoms with Gasteiger partial charge in [-0.15, -0.1) is 0 Å². The van der Waals surface area contributed by atoms with Crippen LogP contribution >= 0.6 is 11.6 Å². The maximum Gasteiger partial charge on any atom is 0.250 e. The zero-order chi connectivity index (χ0) is 14.3. The molecule has 0 fully saturated rings. The van der Waals surface area contributed by atoms with Crippen molar-refractivity contribution in [1.82, 2.24) is 0 Å². The maximum atomic E-state index is 11.2. The van der Waals surface area contributed by atoms with Crippen LogP contribution < -0.4 is 16.8 Å². The quantitative estimate of drug-likeness (QED) is 0.677. The van der Waals surface area contributed by atoms with Crippen LogP contribution in [0.25, 0.3) is 0 Å². The first-order valence-electron chi connectivity index (χ1n) is 6.13. The van der Waals surface area contributed by atoms with Gasteiger partial charge in [-0.1, -0.05) is 11.6 Å². The van der Waals surface area contributed by atoms with Crippen LogP contribution in [0.5, 0.6) is 0 Å². The van der Waals surface area contributed by atoms with Gasteiger partial charge in [0, 0.05) is 18.8 Å². The fraction of sp³-hybridized carbons (Fsp3) is 0.462. The topological polar surface area (TPSA) is 90.4 Å². The summed E-state index contributed by atoms with van der Waals surface area (Å²) in [6, 6.07) is 5.24. The third-order valence-electron chi connectivity index (χ3n) is 2.73. The molecule has 1 atom stereocenters. The molecule has 0 aliphatic heterocycles. The molecule has 0 heterocycles. The van der Waals surface area contributed by atoms with E-state index < -0.39 is 5.91 Å². The lowest BCUT2D eigenvalue weighted by Gasteiger charge is -2.19. The summed E-state index contributed by atoms with van der Waals surface area (Å²) in [6.45, 7) is 1.20. The number of hydrogen-bond donors (Lipinski definition) is 3. The second-order valence-corrected chi connectivity index (χ2v) is 4.69. The molecular weight excluding hydrogens is 266 g/mol. The highest BCUT2D eigenvalue weighted by molar-refractivity contribution is 6.33. The van der Waals surface area contributed by atoms with Gasteiger partial charge in [0.2, 0.25) is 5.91 Å². The first-order chi connectivity index (χ1) is 9.08. The molecule has 1 aromatic carbocycles. The van der Waals surface area contributed by atoms with E-state index in [9.17, 15) is 4.79 Å². The van der Waals surface area contributed by atoms with Gasteiger partial charge in [0.05, 0.1) is 17.2 Å². The SMILES string of the molecule is COCC(CCCN)Nc1ccc(Cl)c(C(N)=O)c1. The number of rotatable bonds is 8. The van der Waals surface area contributed by atoms with E-state index in [0.29, 0.717) is 23.7 Å². The van der Waals surface area contributed by atoms with E-state index in [1.165, 1.54) is 0 Å². The fourth-order valence-corrected chi connectivity index (χ4v) is 2.01. The van der Waals surface area contributed by atoms with E-state index in [1.807, 2.05) is 0 Å². The van der Waals surface area contributed by atoms with Crippen LogP contribution in [0.4, 0.5) is 5.69 Å². The molecule has 1 unspecified atom stereocenters. The number of anilines is 1. The smallest absolute Gasteiger partial charge is 0.250 e. The lowest BCUT2D eigenvalue weighted by molar-refractivity contribution is 0.100. The Bertz CT molecular complexity index is 426. The highest BCUT2D eigenvalue weighted by Gasteiger charge is 2.11. The number of methoxy groups -OCH3 is 1. The minimum Gasteiger partial charge on any atom is -0.383 e. The summed E-state index contributed by atoms with van der Waals surface area (Å²) in [6.07, 6.45) is 1.79. The molecule has 1 amide bonds. The average molecular weight is 286 g/mol. The molecule has 0 aromatic heterocycles. The second-order valence-electron chi connectivity index (χ2n) is 4.29. The lowest BCUT2D eigenvalue weighted by atomic mass is 10.1. The fourth-order valence-electron chi connectivity index (χ4n) is 1.80. The van der Waals surface area contributed by atoms with Crippen molar-refractivity contribution in [2.75, 3.05) is 25.6 Å². The zero-order valence-corrected chi connectivity index (χ0v) is 11.7. The number of primary amides is 1. The summed E-state index contributed by atoms with van der Waals surface area (Å²) in [7, 11) is 1.65. The summed E-state index contributed by atoms with van der Waals surface area (Å²) in [5.74, 6) is -0.543. The van der Waals surface area contributed by atoms with Crippen LogP contribution in [0.2, 0.25) is 5.02 Å². The van der Waals surface area contributed by atoms with Gasteiger partial charge in [-0.2, -0.15) is 0 Å². The normalized spacial score (nSPS) is 12.2. The molecule has 0 aliphatic rings. The van der Waals surface area contributed by atoms with Crippen molar-refractivity contribution in [1.29, 1.82) is 0 Å². The van der Waals surface area contributed by atoms with Gasteiger partial charge in [0.1, 0.15) is 0 Å². The highest BCUT2D eigenvalue weighted by Crippen LogP contribution is 2.21. The minimum atomic E-state index is -0.543. The van der Waals surface area contributed by atoms with E-state index in [1.54, 1.807) is 25.3 Å². The Morgan fingerprint density at radius 3 is 2.84 bits per heavy atom. The van der Waals surface area contributed by atoms with Crippen LogP contribution in [0.15, 0.2) is 18.2 Å². The standard InChI is InChI=1S/C13H20ClN3O2/c1-19-8-10(3-2-6-15)17-9-4-5-12(14)11(7-9)13(16)18/h4-5,7,10,17H,2-3,6,8,15H2,1H3,(H2,16,18). The van der Waals surface area contributed by atoms with Gasteiger partial charge in [-0.3, -0.25) is 4.79 Å². The zero-order valence-electron chi connectivity index (χ0n) is 11.0. The Morgan fingerprint density at radius 1 is 1.53 bits per heavy atom. The van der Waals surface area contributed by atoms with Crippen molar-refractivity contribution in [3.8, 4) is 0 Å². The van der Waals surface area contributed by atoms with Gasteiger partial charge in [0.15, 0.2) is 0 Å². The monoisotopic (exact) mass is 285 g/mol. The molecule has 0 aliphatic carbocycles. The van der Waals surface area contributed by atoms with E-state index in [4.69, 9.17) is 27.8 Å². The van der Waals surface area contributed by atoms with Gasteiger partial charge >= 0.3 is 0 Å². The van der Waals surface area contributed by atoms with E-state index in [-0.39, 0.29) is 6.04 Å². The summed E-state index contributed by atoms with van der Waals surface area (Å²) in [5.41, 5.74) is 11.9. The molecule has 19 heavy (non-hydrogen) atoms. The average Bonchev–Trinajstić information content (AvgIpc) is 2.38. The van der Waals surface area contributed by atoms with Crippen molar-refractivity contribution in [2.24, 2.45) is 11.5 Å². The van der Waals surface area contributed by atoms with Gasteiger partial charge < -0.3 is 21.5 Å². The molecule has 1 rings (SSSR count). The van der Waals surface area contributed by atoms with E-state index >= 15 is 0 Å². The largest absolute Gasteiger partial charge is 0.383 e. The lowest BCUT2D eigenvalue weighted by Crippen LogP contribution is -2.26. The third-order valence-corrected chi connectivity index (χ3v) is 3.06. The molecule has 6 heteroatoms. The maximum absolute atomic E-state index is 11.2. The number of carbonyl (C=O) groups is 1. The van der Waals surface area contributed by atoms with Gasteiger partial charge in [0.25, 0.3) is 0 Å². The minimum absolute atomic E-state index is 0.135. The van der Waals surface area contributed by atoms with Crippen molar-refractivity contribution >= 4 is 23.2 Å². The Morgan fingerprint density at radius 2 is 2.26 bits per heavy atom. The third kappa shape index (κ3) is 5.06. The molecule has 0 bridgehead atoms. The number of carbonyl (C=O) groups excluding carboxylic acids is 1. The Labute approximate surface area is 118 Å². The molecule has 0 saturated heterocycles. The van der Waals surface area contributed by atoms with Gasteiger partial charge in [-0.05, 0) is 37.6 Å². The molecule has 0 spiro atoms. The summed E-state index contributed by atoms with van der Waals surface area (Å²) < 4.78 is 5.15. The molecule has 0 radical (unpaired) electrons. The van der Waals surface area contributed by atoms with Crippen LogP contribution in [0, 0.1) is 0 Å². The second kappa shape index (κ2) is 7.99. The summed E-state index contributed by atoms with van der Waals surface area (Å²) >= 11 is 5.90. The van der Waals surface area contributed by atoms with Crippen molar-refractivity contribution in [3.63, 3.8) is 0 Å². The Kier molecular flexibility index (Phi) is 6.62. The van der Waals surface area contributed by atoms with Crippen molar-refractivity contribution in [2.45, 2.75) is 18.9 Å². The molecule has 5 nitrogen and oxygen atoms in total. The number of hydrogen-bond acceptors (Lipinski definition) is 4. The number of benzene rings is 1. The first-order valence-corrected chi connectivity index (χ1v) is 6.51. The number of amides is 1. The van der Waals surface area contributed by atoms with E-state index in [2.05, 4.69) is 5.32 Å². The molecule has 5 N–H and O–H groups in total. The van der Waals surface area contributed by atoms with Crippen LogP contribution in [0.1, 0.15) is 23.2 Å².